The number of nitrogens with one attached hydrogen (secondary N) is 1. The van der Waals surface area contributed by atoms with E-state index in [2.05, 4.69) is 15.2 Å². The molecule has 0 saturated carbocycles. The lowest BCUT2D eigenvalue weighted by molar-refractivity contribution is -0.384. The van der Waals surface area contributed by atoms with Crippen molar-refractivity contribution in [1.29, 1.82) is 0 Å². The molecular formula is C15H22N4O4. The second-order valence-corrected chi connectivity index (χ2v) is 5.85. The van der Waals surface area contributed by atoms with Crippen molar-refractivity contribution in [3.63, 3.8) is 0 Å². The minimum atomic E-state index is -0.405. The molecule has 0 unspecified atom stereocenters. The zero-order valence-corrected chi connectivity index (χ0v) is 13.0. The second-order valence-electron chi connectivity index (χ2n) is 5.85. The van der Waals surface area contributed by atoms with E-state index < -0.39 is 4.92 Å². The van der Waals surface area contributed by atoms with E-state index in [1.165, 1.54) is 6.07 Å². The topological polar surface area (TPSA) is 89.8 Å². The van der Waals surface area contributed by atoms with Gasteiger partial charge in [-0.05, 0) is 12.5 Å². The molecule has 0 aromatic carbocycles. The minimum Gasteiger partial charge on any atom is -0.381 e. The van der Waals surface area contributed by atoms with Gasteiger partial charge in [-0.3, -0.25) is 15.0 Å². The van der Waals surface area contributed by atoms with Gasteiger partial charge < -0.3 is 14.8 Å². The van der Waals surface area contributed by atoms with Gasteiger partial charge in [-0.25, -0.2) is 4.98 Å². The summed E-state index contributed by atoms with van der Waals surface area (Å²) in [5, 5.41) is 14.3. The van der Waals surface area contributed by atoms with Gasteiger partial charge in [0.15, 0.2) is 0 Å². The molecule has 126 valence electrons. The fourth-order valence-electron chi connectivity index (χ4n) is 3.24. The molecule has 23 heavy (non-hydrogen) atoms. The Hall–Kier alpha value is -1.77. The predicted octanol–water partition coefficient (Wildman–Crippen LogP) is 1.14. The summed E-state index contributed by atoms with van der Waals surface area (Å²) < 4.78 is 11.0. The first-order valence-electron chi connectivity index (χ1n) is 7.98. The Labute approximate surface area is 134 Å². The molecule has 3 rings (SSSR count). The lowest BCUT2D eigenvalue weighted by Gasteiger charge is -2.37. The van der Waals surface area contributed by atoms with Crippen LogP contribution in [0.2, 0.25) is 0 Å². The first kappa shape index (κ1) is 16.1. The van der Waals surface area contributed by atoms with E-state index in [1.807, 2.05) is 0 Å². The maximum absolute atomic E-state index is 11.1. The molecule has 0 bridgehead atoms. The van der Waals surface area contributed by atoms with Crippen molar-refractivity contribution in [3.05, 3.63) is 28.4 Å². The number of rotatable bonds is 6. The van der Waals surface area contributed by atoms with E-state index >= 15 is 0 Å². The summed E-state index contributed by atoms with van der Waals surface area (Å²) in [5.41, 5.74) is 0.0101. The summed E-state index contributed by atoms with van der Waals surface area (Å²) >= 11 is 0. The summed E-state index contributed by atoms with van der Waals surface area (Å²) in [7, 11) is 0. The zero-order valence-electron chi connectivity index (χ0n) is 13.0. The van der Waals surface area contributed by atoms with Crippen molar-refractivity contribution in [2.75, 3.05) is 51.4 Å². The Morgan fingerprint density at radius 2 is 2.22 bits per heavy atom. The predicted molar refractivity (Wildman–Crippen MR) is 84.5 cm³/mol. The van der Waals surface area contributed by atoms with Crippen LogP contribution in [0.5, 0.6) is 0 Å². The van der Waals surface area contributed by atoms with Gasteiger partial charge in [0, 0.05) is 50.5 Å². The van der Waals surface area contributed by atoms with Crippen LogP contribution in [0.4, 0.5) is 11.5 Å². The number of pyridine rings is 1. The van der Waals surface area contributed by atoms with E-state index in [0.717, 1.165) is 45.9 Å². The van der Waals surface area contributed by atoms with Crippen LogP contribution in [-0.4, -0.2) is 66.9 Å². The highest BCUT2D eigenvalue weighted by Gasteiger charge is 2.32. The molecule has 0 spiro atoms. The first-order chi connectivity index (χ1) is 11.3. The molecule has 2 aliphatic rings. The van der Waals surface area contributed by atoms with E-state index in [4.69, 9.17) is 9.47 Å². The fraction of sp³-hybridized carbons (Fsp3) is 0.667. The summed E-state index contributed by atoms with van der Waals surface area (Å²) in [6.07, 6.45) is 2.59. The molecule has 0 amide bonds. The summed E-state index contributed by atoms with van der Waals surface area (Å²) in [6, 6.07) is 3.31. The average Bonchev–Trinajstić information content (AvgIpc) is 3.10. The molecule has 3 heterocycles. The standard InChI is InChI=1S/C15H22N4O4/c20-19(21)13-2-1-4-16-15(13)17-10-14(12-3-7-23-11-12)18-5-8-22-9-6-18/h1-2,4,12,14H,3,5-11H2,(H,16,17)/t12-,14-/m0/s1. The molecular weight excluding hydrogens is 300 g/mol. The lowest BCUT2D eigenvalue weighted by atomic mass is 9.97. The molecule has 2 atom stereocenters. The Balaban J connectivity index is 1.69. The highest BCUT2D eigenvalue weighted by molar-refractivity contribution is 5.55. The number of anilines is 1. The van der Waals surface area contributed by atoms with Crippen molar-refractivity contribution in [2.24, 2.45) is 5.92 Å². The molecule has 0 radical (unpaired) electrons. The molecule has 1 aromatic rings. The number of ether oxygens (including phenoxy) is 2. The Morgan fingerprint density at radius 1 is 1.39 bits per heavy atom. The molecule has 2 aliphatic heterocycles. The number of aromatic nitrogens is 1. The largest absolute Gasteiger partial charge is 0.381 e. The van der Waals surface area contributed by atoms with Gasteiger partial charge in [0.05, 0.1) is 24.7 Å². The fourth-order valence-corrected chi connectivity index (χ4v) is 3.24. The third-order valence-corrected chi connectivity index (χ3v) is 4.49. The lowest BCUT2D eigenvalue weighted by Crippen LogP contribution is -2.50. The van der Waals surface area contributed by atoms with Crippen LogP contribution in [0.25, 0.3) is 0 Å². The van der Waals surface area contributed by atoms with Gasteiger partial charge in [-0.2, -0.15) is 0 Å². The Morgan fingerprint density at radius 3 is 2.91 bits per heavy atom. The third kappa shape index (κ3) is 3.95. The monoisotopic (exact) mass is 322 g/mol. The molecule has 2 fully saturated rings. The summed E-state index contributed by atoms with van der Waals surface area (Å²) in [6.45, 7) is 5.37. The number of nitro groups is 1. The van der Waals surface area contributed by atoms with Crippen molar-refractivity contribution >= 4 is 11.5 Å². The summed E-state index contributed by atoms with van der Waals surface area (Å²) in [4.78, 5) is 17.2. The van der Waals surface area contributed by atoms with E-state index in [9.17, 15) is 10.1 Å². The maximum atomic E-state index is 11.1. The average molecular weight is 322 g/mol. The van der Waals surface area contributed by atoms with E-state index in [1.54, 1.807) is 12.3 Å². The maximum Gasteiger partial charge on any atom is 0.311 e. The van der Waals surface area contributed by atoms with Crippen LogP contribution in [0.3, 0.4) is 0 Å². The van der Waals surface area contributed by atoms with E-state index in [0.29, 0.717) is 18.3 Å². The number of morpholine rings is 1. The van der Waals surface area contributed by atoms with Gasteiger partial charge in [0.1, 0.15) is 0 Å². The van der Waals surface area contributed by atoms with Crippen LogP contribution >= 0.6 is 0 Å². The normalized spacial score (nSPS) is 23.6. The highest BCUT2D eigenvalue weighted by atomic mass is 16.6. The smallest absolute Gasteiger partial charge is 0.311 e. The van der Waals surface area contributed by atoms with Crippen molar-refractivity contribution in [3.8, 4) is 0 Å². The van der Waals surface area contributed by atoms with Crippen molar-refractivity contribution < 1.29 is 14.4 Å². The number of hydrogen-bond donors (Lipinski definition) is 1. The third-order valence-electron chi connectivity index (χ3n) is 4.49. The van der Waals surface area contributed by atoms with Crippen LogP contribution in [0, 0.1) is 16.0 Å². The van der Waals surface area contributed by atoms with Gasteiger partial charge in [0.25, 0.3) is 0 Å². The molecule has 0 aliphatic carbocycles. The molecule has 8 nitrogen and oxygen atoms in total. The van der Waals surface area contributed by atoms with Crippen molar-refractivity contribution in [1.82, 2.24) is 9.88 Å². The number of hydrogen-bond acceptors (Lipinski definition) is 7. The Kier molecular flexibility index (Phi) is 5.37. The van der Waals surface area contributed by atoms with Gasteiger partial charge >= 0.3 is 5.69 Å². The van der Waals surface area contributed by atoms with Crippen LogP contribution in [0.1, 0.15) is 6.42 Å². The highest BCUT2D eigenvalue weighted by Crippen LogP contribution is 2.25. The van der Waals surface area contributed by atoms with Crippen molar-refractivity contribution in [2.45, 2.75) is 12.5 Å². The number of nitrogens with zero attached hydrogens (tertiary/aromatic N) is 3. The van der Waals surface area contributed by atoms with Gasteiger partial charge in [0.2, 0.25) is 5.82 Å². The first-order valence-corrected chi connectivity index (χ1v) is 7.98. The molecule has 1 aromatic heterocycles. The second kappa shape index (κ2) is 7.67. The van der Waals surface area contributed by atoms with E-state index in [-0.39, 0.29) is 11.7 Å². The SMILES string of the molecule is O=[N+]([O-])c1cccnc1NC[C@@H]([C@H]1CCOC1)N1CCOCC1. The quantitative estimate of drug-likeness (QED) is 0.620. The van der Waals surface area contributed by atoms with Crippen LogP contribution in [-0.2, 0) is 9.47 Å². The van der Waals surface area contributed by atoms with Crippen LogP contribution in [0.15, 0.2) is 18.3 Å². The molecule has 2 saturated heterocycles. The zero-order chi connectivity index (χ0) is 16.1. The molecule has 1 N–H and O–H groups in total. The van der Waals surface area contributed by atoms with Gasteiger partial charge in [-0.15, -0.1) is 0 Å². The van der Waals surface area contributed by atoms with Crippen LogP contribution < -0.4 is 5.32 Å². The van der Waals surface area contributed by atoms with Gasteiger partial charge in [-0.1, -0.05) is 0 Å². The molecule has 8 heteroatoms. The Bertz CT molecular complexity index is 530. The summed E-state index contributed by atoms with van der Waals surface area (Å²) in [5.74, 6) is 0.762. The minimum absolute atomic E-state index is 0.0101.